The number of amides is 1. The molecule has 0 unspecified atom stereocenters. The standard InChI is InChI=1S/C22H22N4O3/c1-14(2)16-8-4-6-10-18(16)25-20(27)15-12-23-22(24-13-15)26-19-11-7-5-9-17(19)21(28)29-3/h4-14H,1-3H3,(H,25,27)(H,23,24,26). The van der Waals surface area contributed by atoms with Gasteiger partial charge in [0.15, 0.2) is 0 Å². The third-order valence-corrected chi connectivity index (χ3v) is 4.32. The Morgan fingerprint density at radius 2 is 1.55 bits per heavy atom. The topological polar surface area (TPSA) is 93.2 Å². The van der Waals surface area contributed by atoms with Gasteiger partial charge in [0.25, 0.3) is 5.91 Å². The Bertz CT molecular complexity index is 1020. The summed E-state index contributed by atoms with van der Waals surface area (Å²) >= 11 is 0. The summed E-state index contributed by atoms with van der Waals surface area (Å²) in [6, 6.07) is 14.6. The Hall–Kier alpha value is -3.74. The Morgan fingerprint density at radius 1 is 0.931 bits per heavy atom. The number of aromatic nitrogens is 2. The van der Waals surface area contributed by atoms with E-state index in [9.17, 15) is 9.59 Å². The number of carbonyl (C=O) groups is 2. The molecular weight excluding hydrogens is 368 g/mol. The molecule has 0 atom stereocenters. The van der Waals surface area contributed by atoms with E-state index in [4.69, 9.17) is 4.74 Å². The van der Waals surface area contributed by atoms with Gasteiger partial charge in [0, 0.05) is 18.1 Å². The molecule has 0 saturated carbocycles. The molecule has 0 bridgehead atoms. The zero-order valence-corrected chi connectivity index (χ0v) is 16.5. The van der Waals surface area contributed by atoms with Crippen molar-refractivity contribution in [3.63, 3.8) is 0 Å². The van der Waals surface area contributed by atoms with Crippen LogP contribution in [0.15, 0.2) is 60.9 Å². The minimum absolute atomic E-state index is 0.264. The minimum Gasteiger partial charge on any atom is -0.465 e. The highest BCUT2D eigenvalue weighted by Gasteiger charge is 2.14. The molecule has 2 N–H and O–H groups in total. The molecular formula is C22H22N4O3. The summed E-state index contributed by atoms with van der Waals surface area (Å²) in [7, 11) is 1.32. The van der Waals surface area contributed by atoms with E-state index in [0.29, 0.717) is 16.8 Å². The van der Waals surface area contributed by atoms with E-state index in [1.54, 1.807) is 24.3 Å². The van der Waals surface area contributed by atoms with E-state index in [1.165, 1.54) is 19.5 Å². The first-order chi connectivity index (χ1) is 14.0. The predicted octanol–water partition coefficient (Wildman–Crippen LogP) is 4.38. The molecule has 29 heavy (non-hydrogen) atoms. The molecule has 7 nitrogen and oxygen atoms in total. The van der Waals surface area contributed by atoms with Crippen LogP contribution in [0.2, 0.25) is 0 Å². The first-order valence-corrected chi connectivity index (χ1v) is 9.16. The van der Waals surface area contributed by atoms with Gasteiger partial charge in [-0.15, -0.1) is 0 Å². The van der Waals surface area contributed by atoms with Gasteiger partial charge in [-0.05, 0) is 29.7 Å². The minimum atomic E-state index is -0.465. The first kappa shape index (κ1) is 20.0. The summed E-state index contributed by atoms with van der Waals surface area (Å²) in [5, 5.41) is 5.88. The van der Waals surface area contributed by atoms with Crippen molar-refractivity contribution in [3.8, 4) is 0 Å². The fourth-order valence-electron chi connectivity index (χ4n) is 2.82. The lowest BCUT2D eigenvalue weighted by Crippen LogP contribution is -2.15. The van der Waals surface area contributed by atoms with Crippen molar-refractivity contribution >= 4 is 29.2 Å². The van der Waals surface area contributed by atoms with Crippen LogP contribution in [0.4, 0.5) is 17.3 Å². The van der Waals surface area contributed by atoms with Gasteiger partial charge in [-0.2, -0.15) is 0 Å². The van der Waals surface area contributed by atoms with Crippen molar-refractivity contribution in [2.45, 2.75) is 19.8 Å². The average molecular weight is 390 g/mol. The number of rotatable bonds is 6. The number of para-hydroxylation sites is 2. The molecule has 0 aliphatic heterocycles. The Balaban J connectivity index is 1.74. The maximum atomic E-state index is 12.6. The molecule has 3 rings (SSSR count). The molecule has 1 amide bonds. The summed E-state index contributed by atoms with van der Waals surface area (Å²) in [5.74, 6) is -0.211. The van der Waals surface area contributed by atoms with Crippen molar-refractivity contribution in [1.29, 1.82) is 0 Å². The van der Waals surface area contributed by atoms with E-state index in [-0.39, 0.29) is 17.8 Å². The molecule has 0 radical (unpaired) electrons. The normalized spacial score (nSPS) is 10.5. The van der Waals surface area contributed by atoms with E-state index in [0.717, 1.165) is 11.3 Å². The molecule has 7 heteroatoms. The fourth-order valence-corrected chi connectivity index (χ4v) is 2.82. The smallest absolute Gasteiger partial charge is 0.339 e. The van der Waals surface area contributed by atoms with Crippen LogP contribution < -0.4 is 10.6 Å². The summed E-state index contributed by atoms with van der Waals surface area (Å²) in [6.07, 6.45) is 2.87. The van der Waals surface area contributed by atoms with Crippen LogP contribution in [0.5, 0.6) is 0 Å². The van der Waals surface area contributed by atoms with Crippen LogP contribution in [0.1, 0.15) is 46.0 Å². The van der Waals surface area contributed by atoms with Gasteiger partial charge in [-0.25, -0.2) is 14.8 Å². The van der Waals surface area contributed by atoms with E-state index in [2.05, 4.69) is 34.4 Å². The first-order valence-electron chi connectivity index (χ1n) is 9.16. The monoisotopic (exact) mass is 390 g/mol. The second kappa shape index (κ2) is 8.97. The number of benzene rings is 2. The summed E-state index contributed by atoms with van der Waals surface area (Å²) in [5.41, 5.74) is 3.03. The van der Waals surface area contributed by atoms with Crippen molar-refractivity contribution in [2.24, 2.45) is 0 Å². The van der Waals surface area contributed by atoms with Crippen molar-refractivity contribution in [1.82, 2.24) is 9.97 Å². The lowest BCUT2D eigenvalue weighted by molar-refractivity contribution is 0.0601. The van der Waals surface area contributed by atoms with Crippen molar-refractivity contribution in [2.75, 3.05) is 17.7 Å². The highest BCUT2D eigenvalue weighted by molar-refractivity contribution is 6.04. The molecule has 0 fully saturated rings. The van der Waals surface area contributed by atoms with Gasteiger partial charge in [0.05, 0.1) is 23.9 Å². The number of esters is 1. The van der Waals surface area contributed by atoms with Gasteiger partial charge in [0.2, 0.25) is 5.95 Å². The molecule has 1 heterocycles. The number of hydrogen-bond donors (Lipinski definition) is 2. The highest BCUT2D eigenvalue weighted by atomic mass is 16.5. The van der Waals surface area contributed by atoms with Crippen molar-refractivity contribution in [3.05, 3.63) is 77.6 Å². The molecule has 0 spiro atoms. The number of carbonyl (C=O) groups excluding carboxylic acids is 2. The number of nitrogens with zero attached hydrogens (tertiary/aromatic N) is 2. The highest BCUT2D eigenvalue weighted by Crippen LogP contribution is 2.24. The Kier molecular flexibility index (Phi) is 6.19. The molecule has 2 aromatic carbocycles. The number of anilines is 3. The number of ether oxygens (including phenoxy) is 1. The van der Waals surface area contributed by atoms with Crippen LogP contribution in [0, 0.1) is 0 Å². The van der Waals surface area contributed by atoms with Crippen LogP contribution in [-0.4, -0.2) is 29.0 Å². The van der Waals surface area contributed by atoms with E-state index < -0.39 is 5.97 Å². The average Bonchev–Trinajstić information content (AvgIpc) is 2.74. The molecule has 0 aliphatic rings. The van der Waals surface area contributed by atoms with Crippen LogP contribution in [0.3, 0.4) is 0 Å². The number of methoxy groups -OCH3 is 1. The zero-order chi connectivity index (χ0) is 20.8. The van der Waals surface area contributed by atoms with Crippen LogP contribution in [-0.2, 0) is 4.74 Å². The summed E-state index contributed by atoms with van der Waals surface area (Å²) < 4.78 is 4.78. The van der Waals surface area contributed by atoms with Gasteiger partial charge in [-0.1, -0.05) is 44.2 Å². The third-order valence-electron chi connectivity index (χ3n) is 4.32. The van der Waals surface area contributed by atoms with E-state index >= 15 is 0 Å². The lowest BCUT2D eigenvalue weighted by Gasteiger charge is -2.13. The maximum absolute atomic E-state index is 12.6. The van der Waals surface area contributed by atoms with Gasteiger partial charge in [-0.3, -0.25) is 4.79 Å². The second-order valence-electron chi connectivity index (χ2n) is 6.65. The van der Waals surface area contributed by atoms with Gasteiger partial charge in [0.1, 0.15) is 0 Å². The third kappa shape index (κ3) is 4.76. The molecule has 0 aliphatic carbocycles. The number of hydrogen-bond acceptors (Lipinski definition) is 6. The van der Waals surface area contributed by atoms with Crippen LogP contribution in [0.25, 0.3) is 0 Å². The molecule has 1 aromatic heterocycles. The van der Waals surface area contributed by atoms with E-state index in [1.807, 2.05) is 24.3 Å². The SMILES string of the molecule is COC(=O)c1ccccc1Nc1ncc(C(=O)Nc2ccccc2C(C)C)cn1. The quantitative estimate of drug-likeness (QED) is 0.607. The predicted molar refractivity (Wildman–Crippen MR) is 112 cm³/mol. The Labute approximate surface area is 169 Å². The lowest BCUT2D eigenvalue weighted by atomic mass is 10.0. The number of nitrogens with one attached hydrogen (secondary N) is 2. The molecule has 148 valence electrons. The Morgan fingerprint density at radius 3 is 2.21 bits per heavy atom. The van der Waals surface area contributed by atoms with Crippen LogP contribution >= 0.6 is 0 Å². The fraction of sp³-hybridized carbons (Fsp3) is 0.182. The second-order valence-corrected chi connectivity index (χ2v) is 6.65. The van der Waals surface area contributed by atoms with Gasteiger partial charge >= 0.3 is 5.97 Å². The zero-order valence-electron chi connectivity index (χ0n) is 16.5. The molecule has 0 saturated heterocycles. The summed E-state index contributed by atoms with van der Waals surface area (Å²) in [4.78, 5) is 32.8. The van der Waals surface area contributed by atoms with Gasteiger partial charge < -0.3 is 15.4 Å². The molecule has 3 aromatic rings. The van der Waals surface area contributed by atoms with Crippen molar-refractivity contribution < 1.29 is 14.3 Å². The summed E-state index contributed by atoms with van der Waals surface area (Å²) in [6.45, 7) is 4.14. The maximum Gasteiger partial charge on any atom is 0.339 e. The largest absolute Gasteiger partial charge is 0.465 e.